The number of hydrogen-bond donors (Lipinski definition) is 0. The summed E-state index contributed by atoms with van der Waals surface area (Å²) in [5.41, 5.74) is 2.95. The molecule has 7 nitrogen and oxygen atoms in total. The highest BCUT2D eigenvalue weighted by Crippen LogP contribution is 2.13. The maximum absolute atomic E-state index is 13.2. The molecule has 2 aromatic heterocycles. The molecule has 1 aliphatic heterocycles. The lowest BCUT2D eigenvalue weighted by atomic mass is 10.2. The Morgan fingerprint density at radius 1 is 1.07 bits per heavy atom. The van der Waals surface area contributed by atoms with Crippen LogP contribution in [-0.4, -0.2) is 70.1 Å². The van der Waals surface area contributed by atoms with Gasteiger partial charge < -0.3 is 9.64 Å². The highest BCUT2D eigenvalue weighted by atomic mass is 16.5. The number of amides is 1. The van der Waals surface area contributed by atoms with E-state index < -0.39 is 0 Å². The molecule has 1 aromatic carbocycles. The Labute approximate surface area is 170 Å². The van der Waals surface area contributed by atoms with Gasteiger partial charge in [0.2, 0.25) is 0 Å². The summed E-state index contributed by atoms with van der Waals surface area (Å²) in [7, 11) is 0. The van der Waals surface area contributed by atoms with Gasteiger partial charge >= 0.3 is 0 Å². The van der Waals surface area contributed by atoms with E-state index in [4.69, 9.17) is 4.74 Å². The Hall–Kier alpha value is -2.90. The first-order valence-electron chi connectivity index (χ1n) is 10.00. The minimum Gasteiger partial charge on any atom is -0.379 e. The molecule has 1 aliphatic rings. The van der Waals surface area contributed by atoms with Crippen molar-refractivity contribution >= 4 is 16.9 Å². The van der Waals surface area contributed by atoms with E-state index in [9.17, 15) is 4.79 Å². The molecule has 1 fully saturated rings. The maximum Gasteiger partial charge on any atom is 0.274 e. The van der Waals surface area contributed by atoms with Gasteiger partial charge in [-0.1, -0.05) is 12.1 Å². The summed E-state index contributed by atoms with van der Waals surface area (Å²) in [6.45, 7) is 5.61. The normalized spacial score (nSPS) is 14.8. The van der Waals surface area contributed by atoms with Gasteiger partial charge in [-0.05, 0) is 36.2 Å². The number of para-hydroxylation sites is 2. The number of benzene rings is 1. The monoisotopic (exact) mass is 391 g/mol. The van der Waals surface area contributed by atoms with Crippen LogP contribution < -0.4 is 0 Å². The van der Waals surface area contributed by atoms with Crippen molar-refractivity contribution in [2.75, 3.05) is 39.4 Å². The molecule has 0 spiro atoms. The lowest BCUT2D eigenvalue weighted by molar-refractivity contribution is 0.0355. The van der Waals surface area contributed by atoms with E-state index in [-0.39, 0.29) is 5.91 Å². The molecule has 3 aromatic rings. The van der Waals surface area contributed by atoms with Crippen LogP contribution in [0.25, 0.3) is 11.0 Å². The summed E-state index contributed by atoms with van der Waals surface area (Å²) in [4.78, 5) is 30.5. The Balaban J connectivity index is 1.48. The van der Waals surface area contributed by atoms with Gasteiger partial charge in [0.1, 0.15) is 5.69 Å². The smallest absolute Gasteiger partial charge is 0.274 e. The summed E-state index contributed by atoms with van der Waals surface area (Å²) < 4.78 is 5.41. The molecule has 7 heteroatoms. The van der Waals surface area contributed by atoms with E-state index in [1.54, 1.807) is 18.6 Å². The van der Waals surface area contributed by atoms with Gasteiger partial charge in [0.15, 0.2) is 0 Å². The summed E-state index contributed by atoms with van der Waals surface area (Å²) in [5.74, 6) is -0.0953. The topological polar surface area (TPSA) is 71.5 Å². The number of fused-ring (bicyclic) bond motifs is 1. The molecule has 4 rings (SSSR count). The van der Waals surface area contributed by atoms with E-state index in [1.165, 1.54) is 0 Å². The van der Waals surface area contributed by atoms with E-state index in [0.717, 1.165) is 55.9 Å². The zero-order valence-corrected chi connectivity index (χ0v) is 16.4. The fraction of sp³-hybridized carbons (Fsp3) is 0.364. The quantitative estimate of drug-likeness (QED) is 0.616. The van der Waals surface area contributed by atoms with Crippen LogP contribution in [0.4, 0.5) is 0 Å². The molecule has 29 heavy (non-hydrogen) atoms. The number of aromatic nitrogens is 3. The van der Waals surface area contributed by atoms with E-state index in [0.29, 0.717) is 18.8 Å². The number of hydrogen-bond acceptors (Lipinski definition) is 6. The molecule has 0 unspecified atom stereocenters. The van der Waals surface area contributed by atoms with Crippen LogP contribution >= 0.6 is 0 Å². The van der Waals surface area contributed by atoms with Crippen molar-refractivity contribution in [3.05, 3.63) is 66.2 Å². The summed E-state index contributed by atoms with van der Waals surface area (Å²) in [5, 5.41) is 0. The number of pyridine rings is 1. The minimum atomic E-state index is -0.0953. The van der Waals surface area contributed by atoms with Crippen molar-refractivity contribution in [1.29, 1.82) is 0 Å². The van der Waals surface area contributed by atoms with Crippen molar-refractivity contribution in [2.45, 2.75) is 13.0 Å². The molecule has 0 aliphatic carbocycles. The lowest BCUT2D eigenvalue weighted by Crippen LogP contribution is -2.39. The average molecular weight is 391 g/mol. The molecule has 0 atom stereocenters. The third kappa shape index (κ3) is 5.13. The largest absolute Gasteiger partial charge is 0.379 e. The van der Waals surface area contributed by atoms with Gasteiger partial charge in [0, 0.05) is 45.1 Å². The SMILES string of the molecule is O=C(c1cnc2ccccc2n1)N(CCCN1CCOCC1)Cc1ccncc1. The molecule has 1 amide bonds. The Morgan fingerprint density at radius 2 is 1.83 bits per heavy atom. The predicted molar refractivity (Wildman–Crippen MR) is 110 cm³/mol. The third-order valence-corrected chi connectivity index (χ3v) is 5.08. The van der Waals surface area contributed by atoms with Crippen molar-refractivity contribution < 1.29 is 9.53 Å². The van der Waals surface area contributed by atoms with Crippen LogP contribution in [0, 0.1) is 0 Å². The fourth-order valence-corrected chi connectivity index (χ4v) is 3.49. The number of ether oxygens (including phenoxy) is 1. The van der Waals surface area contributed by atoms with Gasteiger partial charge in [-0.15, -0.1) is 0 Å². The van der Waals surface area contributed by atoms with Gasteiger partial charge in [0.25, 0.3) is 5.91 Å². The Bertz CT molecular complexity index is 944. The molecule has 0 N–H and O–H groups in total. The molecular formula is C22H25N5O2. The first-order valence-corrected chi connectivity index (χ1v) is 10.00. The van der Waals surface area contributed by atoms with Crippen molar-refractivity contribution in [3.8, 4) is 0 Å². The number of carbonyl (C=O) groups is 1. The van der Waals surface area contributed by atoms with Gasteiger partial charge in [-0.2, -0.15) is 0 Å². The van der Waals surface area contributed by atoms with E-state index in [2.05, 4.69) is 19.9 Å². The van der Waals surface area contributed by atoms with Crippen LogP contribution in [0.3, 0.4) is 0 Å². The highest BCUT2D eigenvalue weighted by Gasteiger charge is 2.19. The minimum absolute atomic E-state index is 0.0953. The van der Waals surface area contributed by atoms with Crippen molar-refractivity contribution in [2.24, 2.45) is 0 Å². The van der Waals surface area contributed by atoms with Crippen molar-refractivity contribution in [1.82, 2.24) is 24.8 Å². The average Bonchev–Trinajstić information content (AvgIpc) is 2.79. The fourth-order valence-electron chi connectivity index (χ4n) is 3.49. The first-order chi connectivity index (χ1) is 14.3. The maximum atomic E-state index is 13.2. The third-order valence-electron chi connectivity index (χ3n) is 5.08. The molecular weight excluding hydrogens is 366 g/mol. The number of rotatable bonds is 7. The van der Waals surface area contributed by atoms with E-state index >= 15 is 0 Å². The molecule has 0 radical (unpaired) electrons. The molecule has 0 saturated carbocycles. The second kappa shape index (κ2) is 9.54. The van der Waals surface area contributed by atoms with Crippen LogP contribution in [0.2, 0.25) is 0 Å². The number of morpholine rings is 1. The van der Waals surface area contributed by atoms with Gasteiger partial charge in [0.05, 0.1) is 30.4 Å². The second-order valence-electron chi connectivity index (χ2n) is 7.13. The van der Waals surface area contributed by atoms with Crippen molar-refractivity contribution in [3.63, 3.8) is 0 Å². The standard InChI is InChI=1S/C22H25N5O2/c28-22(21-16-24-19-4-1-2-5-20(19)25-21)27(17-18-6-8-23-9-7-18)11-3-10-26-12-14-29-15-13-26/h1-2,4-9,16H,3,10-15,17H2. The van der Waals surface area contributed by atoms with Crippen LogP contribution in [0.1, 0.15) is 22.5 Å². The first kappa shape index (κ1) is 19.4. The molecule has 1 saturated heterocycles. The molecule has 0 bridgehead atoms. The molecule has 3 heterocycles. The highest BCUT2D eigenvalue weighted by molar-refractivity contribution is 5.93. The zero-order valence-electron chi connectivity index (χ0n) is 16.4. The van der Waals surface area contributed by atoms with Crippen LogP contribution in [-0.2, 0) is 11.3 Å². The second-order valence-corrected chi connectivity index (χ2v) is 7.13. The summed E-state index contributed by atoms with van der Waals surface area (Å²) in [6, 6.07) is 11.5. The van der Waals surface area contributed by atoms with Gasteiger partial charge in [-0.3, -0.25) is 19.7 Å². The zero-order chi connectivity index (χ0) is 19.9. The van der Waals surface area contributed by atoms with Gasteiger partial charge in [-0.25, -0.2) is 4.98 Å². The molecule has 150 valence electrons. The van der Waals surface area contributed by atoms with E-state index in [1.807, 2.05) is 41.3 Å². The number of carbonyl (C=O) groups excluding carboxylic acids is 1. The Morgan fingerprint density at radius 3 is 2.62 bits per heavy atom. The predicted octanol–water partition coefficient (Wildman–Crippen LogP) is 2.39. The van der Waals surface area contributed by atoms with Crippen LogP contribution in [0.5, 0.6) is 0 Å². The van der Waals surface area contributed by atoms with Crippen LogP contribution in [0.15, 0.2) is 55.0 Å². The summed E-state index contributed by atoms with van der Waals surface area (Å²) >= 11 is 0. The summed E-state index contributed by atoms with van der Waals surface area (Å²) in [6.07, 6.45) is 5.98. The number of nitrogens with zero attached hydrogens (tertiary/aromatic N) is 5. The lowest BCUT2D eigenvalue weighted by Gasteiger charge is -2.28. The Kier molecular flexibility index (Phi) is 6.38.